The van der Waals surface area contributed by atoms with Crippen molar-refractivity contribution in [3.05, 3.63) is 0 Å². The van der Waals surface area contributed by atoms with Crippen molar-refractivity contribution in [2.24, 2.45) is 5.73 Å². The zero-order valence-electron chi connectivity index (χ0n) is 12.4. The third-order valence-corrected chi connectivity index (χ3v) is 5.62. The standard InChI is InChI=1S/C16H31N3/c17-15-8-3-1-2-4-9-16(15)19-12-11-18-10-6-5-7-14(18)13-19/h14-16H,1-13,17H2. The Hall–Kier alpha value is -0.120. The van der Waals surface area contributed by atoms with E-state index in [1.54, 1.807) is 0 Å². The van der Waals surface area contributed by atoms with Gasteiger partial charge < -0.3 is 5.73 Å². The SMILES string of the molecule is NC1CCCCCCC1N1CCN2CCCCC2C1. The fourth-order valence-electron chi connectivity index (χ4n) is 4.43. The summed E-state index contributed by atoms with van der Waals surface area (Å²) in [5, 5.41) is 0. The zero-order valence-corrected chi connectivity index (χ0v) is 12.4. The zero-order chi connectivity index (χ0) is 13.1. The summed E-state index contributed by atoms with van der Waals surface area (Å²) in [6, 6.07) is 1.93. The van der Waals surface area contributed by atoms with Crippen molar-refractivity contribution in [1.29, 1.82) is 0 Å². The molecule has 3 aliphatic rings. The van der Waals surface area contributed by atoms with Gasteiger partial charge in [-0.15, -0.1) is 0 Å². The minimum absolute atomic E-state index is 0.426. The predicted octanol–water partition coefficient (Wildman–Crippen LogP) is 2.21. The van der Waals surface area contributed by atoms with E-state index in [1.807, 2.05) is 0 Å². The van der Waals surface area contributed by atoms with E-state index >= 15 is 0 Å². The van der Waals surface area contributed by atoms with Gasteiger partial charge in [0.05, 0.1) is 0 Å². The summed E-state index contributed by atoms with van der Waals surface area (Å²) >= 11 is 0. The smallest absolute Gasteiger partial charge is 0.0248 e. The van der Waals surface area contributed by atoms with Crippen LogP contribution in [-0.2, 0) is 0 Å². The number of nitrogens with zero attached hydrogens (tertiary/aromatic N) is 2. The molecule has 0 bridgehead atoms. The van der Waals surface area contributed by atoms with E-state index < -0.39 is 0 Å². The molecule has 0 aromatic carbocycles. The van der Waals surface area contributed by atoms with E-state index in [1.165, 1.54) is 84.0 Å². The van der Waals surface area contributed by atoms with Crippen molar-refractivity contribution in [3.8, 4) is 0 Å². The summed E-state index contributed by atoms with van der Waals surface area (Å²) in [5.41, 5.74) is 6.49. The summed E-state index contributed by atoms with van der Waals surface area (Å²) in [7, 11) is 0. The largest absolute Gasteiger partial charge is 0.326 e. The average molecular weight is 265 g/mol. The maximum absolute atomic E-state index is 6.49. The van der Waals surface area contributed by atoms with E-state index in [2.05, 4.69) is 9.80 Å². The fraction of sp³-hybridized carbons (Fsp3) is 1.00. The maximum Gasteiger partial charge on any atom is 0.0248 e. The number of fused-ring (bicyclic) bond motifs is 1. The molecule has 1 saturated carbocycles. The van der Waals surface area contributed by atoms with Crippen molar-refractivity contribution >= 4 is 0 Å². The Morgan fingerprint density at radius 1 is 0.684 bits per heavy atom. The maximum atomic E-state index is 6.49. The first-order chi connectivity index (χ1) is 9.34. The van der Waals surface area contributed by atoms with Crippen LogP contribution in [0.4, 0.5) is 0 Å². The molecule has 3 unspecified atom stereocenters. The summed E-state index contributed by atoms with van der Waals surface area (Å²) in [6.45, 7) is 5.18. The lowest BCUT2D eigenvalue weighted by molar-refractivity contribution is 0.0164. The Bertz CT molecular complexity index is 281. The molecule has 19 heavy (non-hydrogen) atoms. The van der Waals surface area contributed by atoms with Gasteiger partial charge >= 0.3 is 0 Å². The van der Waals surface area contributed by atoms with E-state index in [-0.39, 0.29) is 0 Å². The molecule has 0 spiro atoms. The molecular formula is C16H31N3. The average Bonchev–Trinajstić information content (AvgIpc) is 2.43. The van der Waals surface area contributed by atoms with Crippen LogP contribution in [0.25, 0.3) is 0 Å². The van der Waals surface area contributed by atoms with Crippen LogP contribution in [-0.4, -0.2) is 54.1 Å². The Morgan fingerprint density at radius 2 is 1.42 bits per heavy atom. The Morgan fingerprint density at radius 3 is 2.32 bits per heavy atom. The summed E-state index contributed by atoms with van der Waals surface area (Å²) in [5.74, 6) is 0. The number of piperazine rings is 1. The molecule has 0 amide bonds. The van der Waals surface area contributed by atoms with Gasteiger partial charge in [0, 0.05) is 37.8 Å². The van der Waals surface area contributed by atoms with Crippen LogP contribution in [0.5, 0.6) is 0 Å². The first-order valence-electron chi connectivity index (χ1n) is 8.58. The van der Waals surface area contributed by atoms with Crippen LogP contribution < -0.4 is 5.73 Å². The number of nitrogens with two attached hydrogens (primary N) is 1. The topological polar surface area (TPSA) is 32.5 Å². The quantitative estimate of drug-likeness (QED) is 0.789. The van der Waals surface area contributed by atoms with Crippen LogP contribution in [0.3, 0.4) is 0 Å². The molecule has 1 aliphatic carbocycles. The van der Waals surface area contributed by atoms with Gasteiger partial charge in [-0.3, -0.25) is 9.80 Å². The number of hydrogen-bond donors (Lipinski definition) is 1. The van der Waals surface area contributed by atoms with Gasteiger partial charge in [0.1, 0.15) is 0 Å². The lowest BCUT2D eigenvalue weighted by atomic mass is 9.90. The summed E-state index contributed by atoms with van der Waals surface area (Å²) < 4.78 is 0. The second-order valence-corrected chi connectivity index (χ2v) is 6.90. The highest BCUT2D eigenvalue weighted by atomic mass is 15.3. The molecule has 3 atom stereocenters. The molecule has 2 saturated heterocycles. The molecule has 2 aliphatic heterocycles. The van der Waals surface area contributed by atoms with Crippen LogP contribution in [0, 0.1) is 0 Å². The molecule has 0 radical (unpaired) electrons. The molecule has 0 aromatic rings. The van der Waals surface area contributed by atoms with Gasteiger partial charge in [-0.2, -0.15) is 0 Å². The van der Waals surface area contributed by atoms with Crippen molar-refractivity contribution in [3.63, 3.8) is 0 Å². The first-order valence-corrected chi connectivity index (χ1v) is 8.58. The predicted molar refractivity (Wildman–Crippen MR) is 80.3 cm³/mol. The third kappa shape index (κ3) is 3.32. The van der Waals surface area contributed by atoms with E-state index in [0.29, 0.717) is 12.1 Å². The van der Waals surface area contributed by atoms with Gasteiger partial charge in [0.15, 0.2) is 0 Å². The van der Waals surface area contributed by atoms with Gasteiger partial charge in [-0.05, 0) is 32.2 Å². The molecule has 3 nitrogen and oxygen atoms in total. The van der Waals surface area contributed by atoms with Crippen LogP contribution in [0.1, 0.15) is 57.8 Å². The lowest BCUT2D eigenvalue weighted by Gasteiger charge is -2.48. The van der Waals surface area contributed by atoms with E-state index in [0.717, 1.165) is 6.04 Å². The highest BCUT2D eigenvalue weighted by molar-refractivity contribution is 4.91. The number of hydrogen-bond acceptors (Lipinski definition) is 3. The van der Waals surface area contributed by atoms with Gasteiger partial charge in [-0.25, -0.2) is 0 Å². The second-order valence-electron chi connectivity index (χ2n) is 6.90. The molecule has 3 heteroatoms. The molecule has 0 aromatic heterocycles. The van der Waals surface area contributed by atoms with Crippen LogP contribution >= 0.6 is 0 Å². The number of rotatable bonds is 1. The Kier molecular flexibility index (Phi) is 4.78. The minimum Gasteiger partial charge on any atom is -0.326 e. The first kappa shape index (κ1) is 13.8. The second kappa shape index (κ2) is 6.55. The van der Waals surface area contributed by atoms with Gasteiger partial charge in [0.25, 0.3) is 0 Å². The Labute approximate surface area is 118 Å². The van der Waals surface area contributed by atoms with Crippen molar-refractivity contribution in [2.75, 3.05) is 26.2 Å². The highest BCUT2D eigenvalue weighted by Gasteiger charge is 2.34. The summed E-state index contributed by atoms with van der Waals surface area (Å²) in [4.78, 5) is 5.48. The van der Waals surface area contributed by atoms with Crippen LogP contribution in [0.2, 0.25) is 0 Å². The molecule has 110 valence electrons. The normalized spacial score (nSPS) is 39.3. The molecular weight excluding hydrogens is 234 g/mol. The van der Waals surface area contributed by atoms with Gasteiger partial charge in [0.2, 0.25) is 0 Å². The molecule has 3 fully saturated rings. The van der Waals surface area contributed by atoms with Crippen molar-refractivity contribution in [1.82, 2.24) is 9.80 Å². The number of piperidine rings is 1. The summed E-state index contributed by atoms with van der Waals surface area (Å²) in [6.07, 6.45) is 12.4. The Balaban J connectivity index is 1.60. The monoisotopic (exact) mass is 265 g/mol. The van der Waals surface area contributed by atoms with Crippen LogP contribution in [0.15, 0.2) is 0 Å². The molecule has 2 heterocycles. The lowest BCUT2D eigenvalue weighted by Crippen LogP contribution is -2.60. The van der Waals surface area contributed by atoms with Gasteiger partial charge in [-0.1, -0.05) is 32.1 Å². The fourth-order valence-corrected chi connectivity index (χ4v) is 4.43. The van der Waals surface area contributed by atoms with E-state index in [9.17, 15) is 0 Å². The molecule has 2 N–H and O–H groups in total. The van der Waals surface area contributed by atoms with Crippen molar-refractivity contribution in [2.45, 2.75) is 75.9 Å². The highest BCUT2D eigenvalue weighted by Crippen LogP contribution is 2.26. The third-order valence-electron chi connectivity index (χ3n) is 5.62. The van der Waals surface area contributed by atoms with Crippen molar-refractivity contribution < 1.29 is 0 Å². The van der Waals surface area contributed by atoms with E-state index in [4.69, 9.17) is 5.73 Å². The molecule has 3 rings (SSSR count). The minimum atomic E-state index is 0.426.